The number of piperidine rings is 1. The number of hydrogen-bond acceptors (Lipinski definition) is 4. The van der Waals surface area contributed by atoms with Crippen molar-refractivity contribution in [2.75, 3.05) is 25.0 Å². The van der Waals surface area contributed by atoms with Crippen LogP contribution in [0.4, 0.5) is 9.93 Å². The number of rotatable bonds is 5. The lowest BCUT2D eigenvalue weighted by Crippen LogP contribution is -2.46. The monoisotopic (exact) mass is 322 g/mol. The molecule has 0 bridgehead atoms. The molecule has 2 heterocycles. The summed E-state index contributed by atoms with van der Waals surface area (Å²) in [6, 6.07) is 0.172. The van der Waals surface area contributed by atoms with Crippen molar-refractivity contribution in [1.82, 2.24) is 15.2 Å². The van der Waals surface area contributed by atoms with Crippen LogP contribution in [0.3, 0.4) is 0 Å². The van der Waals surface area contributed by atoms with E-state index in [9.17, 15) is 4.79 Å². The van der Waals surface area contributed by atoms with Gasteiger partial charge in [-0.3, -0.25) is 5.32 Å². The molecule has 1 aromatic heterocycles. The van der Waals surface area contributed by atoms with E-state index in [1.807, 2.05) is 0 Å². The van der Waals surface area contributed by atoms with Gasteiger partial charge in [0, 0.05) is 37.0 Å². The maximum Gasteiger partial charge on any atom is 0.321 e. The third-order valence-corrected chi connectivity index (χ3v) is 5.06. The highest BCUT2D eigenvalue weighted by atomic mass is 32.1. The number of carbonyl (C=O) groups excluding carboxylic acids is 1. The first kappa shape index (κ1) is 15.7. The lowest BCUT2D eigenvalue weighted by atomic mass is 10.0. The largest absolute Gasteiger partial charge is 0.335 e. The fourth-order valence-electron chi connectivity index (χ4n) is 3.01. The second kappa shape index (κ2) is 6.96. The van der Waals surface area contributed by atoms with E-state index in [4.69, 9.17) is 0 Å². The summed E-state index contributed by atoms with van der Waals surface area (Å²) in [5, 5.41) is 8.75. The molecule has 0 atom stereocenters. The van der Waals surface area contributed by atoms with Gasteiger partial charge in [0.2, 0.25) is 0 Å². The molecule has 2 N–H and O–H groups in total. The molecule has 2 amide bonds. The van der Waals surface area contributed by atoms with Crippen molar-refractivity contribution < 1.29 is 4.79 Å². The number of hydrogen-bond donors (Lipinski definition) is 2. The van der Waals surface area contributed by atoms with Crippen molar-refractivity contribution in [3.05, 3.63) is 11.1 Å². The van der Waals surface area contributed by atoms with Gasteiger partial charge in [0.1, 0.15) is 0 Å². The van der Waals surface area contributed by atoms with Crippen LogP contribution in [0.25, 0.3) is 0 Å². The molecule has 0 spiro atoms. The van der Waals surface area contributed by atoms with Gasteiger partial charge in [-0.15, -0.1) is 11.3 Å². The second-order valence-electron chi connectivity index (χ2n) is 6.92. The van der Waals surface area contributed by atoms with Crippen LogP contribution in [0.1, 0.15) is 51.1 Å². The molecular weight excluding hydrogens is 296 g/mol. The highest BCUT2D eigenvalue weighted by Crippen LogP contribution is 2.40. The van der Waals surface area contributed by atoms with Crippen LogP contribution >= 0.6 is 11.3 Å². The van der Waals surface area contributed by atoms with Gasteiger partial charge in [-0.05, 0) is 31.6 Å². The average Bonchev–Trinajstić information content (AvgIpc) is 3.21. The third-order valence-electron chi connectivity index (χ3n) is 4.28. The van der Waals surface area contributed by atoms with Crippen LogP contribution in [-0.2, 0) is 0 Å². The predicted molar refractivity (Wildman–Crippen MR) is 90.5 cm³/mol. The van der Waals surface area contributed by atoms with E-state index in [0.717, 1.165) is 43.3 Å². The van der Waals surface area contributed by atoms with Gasteiger partial charge in [-0.2, -0.15) is 0 Å². The summed E-state index contributed by atoms with van der Waals surface area (Å²) in [6.45, 7) is 7.81. The zero-order valence-electron chi connectivity index (χ0n) is 13.5. The summed E-state index contributed by atoms with van der Waals surface area (Å²) in [5.74, 6) is 1.35. The minimum atomic E-state index is -0.112. The number of likely N-dealkylation sites (tertiary alicyclic amines) is 1. The molecule has 0 radical (unpaired) electrons. The molecule has 0 unspecified atom stereocenters. The van der Waals surface area contributed by atoms with Crippen molar-refractivity contribution in [2.45, 2.75) is 51.5 Å². The number of nitrogens with zero attached hydrogens (tertiary/aromatic N) is 2. The zero-order valence-corrected chi connectivity index (χ0v) is 14.3. The Balaban J connectivity index is 1.40. The normalized spacial score (nSPS) is 20.3. The summed E-state index contributed by atoms with van der Waals surface area (Å²) in [4.78, 5) is 19.0. The van der Waals surface area contributed by atoms with Crippen LogP contribution in [0.2, 0.25) is 0 Å². The van der Waals surface area contributed by atoms with Crippen LogP contribution in [0.15, 0.2) is 5.38 Å². The van der Waals surface area contributed by atoms with E-state index < -0.39 is 0 Å². The number of nitrogens with one attached hydrogen (secondary N) is 2. The fourth-order valence-corrected chi connectivity index (χ4v) is 3.79. The first-order chi connectivity index (χ1) is 10.6. The number of carbonyl (C=O) groups is 1. The Morgan fingerprint density at radius 2 is 2.09 bits per heavy atom. The second-order valence-corrected chi connectivity index (χ2v) is 7.78. The molecule has 6 heteroatoms. The number of anilines is 1. The Hall–Kier alpha value is -1.14. The summed E-state index contributed by atoms with van der Waals surface area (Å²) in [5.41, 5.74) is 1.14. The molecule has 2 aliphatic rings. The maximum atomic E-state index is 12.1. The van der Waals surface area contributed by atoms with Crippen LogP contribution in [-0.4, -0.2) is 41.6 Å². The SMILES string of the molecule is CC(C)CN1CCC(NC(=O)Nc2nc(C3CC3)cs2)CC1. The Bertz CT molecular complexity index is 504. The number of aromatic nitrogens is 1. The minimum absolute atomic E-state index is 0.112. The summed E-state index contributed by atoms with van der Waals surface area (Å²) < 4.78 is 0. The van der Waals surface area contributed by atoms with Gasteiger partial charge in [0.05, 0.1) is 5.69 Å². The molecule has 22 heavy (non-hydrogen) atoms. The van der Waals surface area contributed by atoms with Gasteiger partial charge in [0.25, 0.3) is 0 Å². The van der Waals surface area contributed by atoms with Gasteiger partial charge in [-0.25, -0.2) is 9.78 Å². The van der Waals surface area contributed by atoms with Gasteiger partial charge >= 0.3 is 6.03 Å². The quantitative estimate of drug-likeness (QED) is 0.875. The van der Waals surface area contributed by atoms with Gasteiger partial charge < -0.3 is 10.2 Å². The summed E-state index contributed by atoms with van der Waals surface area (Å²) in [6.07, 6.45) is 4.55. The van der Waals surface area contributed by atoms with Crippen molar-refractivity contribution >= 4 is 22.5 Å². The van der Waals surface area contributed by atoms with Crippen LogP contribution in [0.5, 0.6) is 0 Å². The molecule has 5 nitrogen and oxygen atoms in total. The Morgan fingerprint density at radius 3 is 2.73 bits per heavy atom. The standard InChI is InChI=1S/C16H26N4OS/c1-11(2)9-20-7-5-13(6-8-20)17-15(21)19-16-18-14(10-22-16)12-3-4-12/h10-13H,3-9H2,1-2H3,(H2,17,18,19,21). The Labute approximate surface area is 136 Å². The summed E-state index contributed by atoms with van der Waals surface area (Å²) in [7, 11) is 0. The Morgan fingerprint density at radius 1 is 1.36 bits per heavy atom. The molecule has 122 valence electrons. The van der Waals surface area contributed by atoms with Crippen LogP contribution in [0, 0.1) is 5.92 Å². The first-order valence-electron chi connectivity index (χ1n) is 8.35. The number of amides is 2. The molecule has 1 saturated carbocycles. The molecule has 3 rings (SSSR count). The lowest BCUT2D eigenvalue weighted by Gasteiger charge is -2.33. The van der Waals surface area contributed by atoms with Crippen LogP contribution < -0.4 is 10.6 Å². The molecular formula is C16H26N4OS. The fraction of sp³-hybridized carbons (Fsp3) is 0.750. The van der Waals surface area contributed by atoms with E-state index in [1.54, 1.807) is 0 Å². The first-order valence-corrected chi connectivity index (χ1v) is 9.23. The maximum absolute atomic E-state index is 12.1. The average molecular weight is 322 g/mol. The van der Waals surface area contributed by atoms with Gasteiger partial charge in [0.15, 0.2) is 5.13 Å². The number of thiazole rings is 1. The summed E-state index contributed by atoms with van der Waals surface area (Å²) >= 11 is 1.52. The van der Waals surface area contributed by atoms with E-state index in [2.05, 4.69) is 39.7 Å². The topological polar surface area (TPSA) is 57.3 Å². The molecule has 0 aromatic carbocycles. The van der Waals surface area contributed by atoms with Crippen molar-refractivity contribution in [2.24, 2.45) is 5.92 Å². The zero-order chi connectivity index (χ0) is 15.5. The van der Waals surface area contributed by atoms with Gasteiger partial charge in [-0.1, -0.05) is 13.8 Å². The molecule has 1 aliphatic carbocycles. The predicted octanol–water partition coefficient (Wildman–Crippen LogP) is 3.26. The molecule has 2 fully saturated rings. The smallest absolute Gasteiger partial charge is 0.321 e. The van der Waals surface area contributed by atoms with Crippen molar-refractivity contribution in [1.29, 1.82) is 0 Å². The van der Waals surface area contributed by atoms with E-state index in [1.165, 1.54) is 24.2 Å². The van der Waals surface area contributed by atoms with E-state index >= 15 is 0 Å². The highest BCUT2D eigenvalue weighted by Gasteiger charge is 2.26. The van der Waals surface area contributed by atoms with Crippen molar-refractivity contribution in [3.8, 4) is 0 Å². The van der Waals surface area contributed by atoms with Crippen molar-refractivity contribution in [3.63, 3.8) is 0 Å². The molecule has 1 aromatic rings. The minimum Gasteiger partial charge on any atom is -0.335 e. The Kier molecular flexibility index (Phi) is 4.98. The number of urea groups is 1. The van der Waals surface area contributed by atoms with E-state index in [-0.39, 0.29) is 12.1 Å². The third kappa shape index (κ3) is 4.43. The molecule has 1 aliphatic heterocycles. The lowest BCUT2D eigenvalue weighted by molar-refractivity contribution is 0.180. The molecule has 1 saturated heterocycles. The van der Waals surface area contributed by atoms with E-state index in [0.29, 0.717) is 11.8 Å². The highest BCUT2D eigenvalue weighted by molar-refractivity contribution is 7.13.